The average Bonchev–Trinajstić information content (AvgIpc) is 3.31. The zero-order valence-electron chi connectivity index (χ0n) is 22.7. The first-order chi connectivity index (χ1) is 19.6. The molecule has 0 radical (unpaired) electrons. The van der Waals surface area contributed by atoms with Crippen molar-refractivity contribution in [2.75, 3.05) is 29.4 Å². The number of amides is 1. The number of nitrogens with zero attached hydrogens (tertiary/aromatic N) is 5. The summed E-state index contributed by atoms with van der Waals surface area (Å²) in [5, 5.41) is 15.4. The van der Waals surface area contributed by atoms with Crippen molar-refractivity contribution in [1.82, 2.24) is 15.1 Å². The molecule has 0 bridgehead atoms. The topological polar surface area (TPSA) is 111 Å². The fourth-order valence-electron chi connectivity index (χ4n) is 5.91. The lowest BCUT2D eigenvalue weighted by molar-refractivity contribution is -0.139. The van der Waals surface area contributed by atoms with Gasteiger partial charge in [-0.05, 0) is 63.6 Å². The molecule has 226 valence electrons. The predicted molar refractivity (Wildman–Crippen MR) is 141 cm³/mol. The predicted octanol–water partition coefficient (Wildman–Crippen LogP) is 3.98. The molecule has 4 fully saturated rings. The Bertz CT molecular complexity index is 1570. The quantitative estimate of drug-likeness (QED) is 0.471. The SMILES string of the molecule is Cc1cc(N2CC(S(=O)(=O)c3ccc(N4CC(F)(F)C4)cc3C(F)(F)F)CC2C(=O)NC2(C#N)CC2)n(C2CCC2)n1. The second kappa shape index (κ2) is 9.55. The maximum atomic E-state index is 14.2. The first-order valence-corrected chi connectivity index (χ1v) is 15.3. The molecule has 0 spiro atoms. The highest BCUT2D eigenvalue weighted by molar-refractivity contribution is 7.92. The molecule has 2 atom stereocenters. The molecule has 1 aromatic carbocycles. The number of sulfone groups is 1. The molecule has 1 N–H and O–H groups in total. The van der Waals surface area contributed by atoms with Crippen LogP contribution in [0.4, 0.5) is 33.5 Å². The molecule has 1 aromatic heterocycles. The summed E-state index contributed by atoms with van der Waals surface area (Å²) in [7, 11) is -4.67. The summed E-state index contributed by atoms with van der Waals surface area (Å²) in [6.45, 7) is -0.0284. The number of benzene rings is 1. The van der Waals surface area contributed by atoms with Crippen molar-refractivity contribution in [3.05, 3.63) is 35.5 Å². The second-order valence-electron chi connectivity index (χ2n) is 11.8. The number of rotatable bonds is 7. The van der Waals surface area contributed by atoms with Crippen LogP contribution in [0.1, 0.15) is 55.8 Å². The minimum absolute atomic E-state index is 0.0558. The van der Waals surface area contributed by atoms with Crippen molar-refractivity contribution in [3.63, 3.8) is 0 Å². The summed E-state index contributed by atoms with van der Waals surface area (Å²) in [5.41, 5.74) is -1.98. The molecule has 2 saturated carbocycles. The highest BCUT2D eigenvalue weighted by Gasteiger charge is 2.51. The number of carbonyl (C=O) groups is 1. The maximum absolute atomic E-state index is 14.2. The van der Waals surface area contributed by atoms with Gasteiger partial charge in [0.05, 0.1) is 46.6 Å². The molecular formula is C27H29F5N6O3S. The lowest BCUT2D eigenvalue weighted by Crippen LogP contribution is -2.56. The van der Waals surface area contributed by atoms with Crippen LogP contribution < -0.4 is 15.1 Å². The van der Waals surface area contributed by atoms with Gasteiger partial charge in [0.2, 0.25) is 5.91 Å². The molecule has 9 nitrogen and oxygen atoms in total. The first kappa shape index (κ1) is 28.7. The van der Waals surface area contributed by atoms with Gasteiger partial charge in [0.1, 0.15) is 17.4 Å². The van der Waals surface area contributed by atoms with Gasteiger partial charge in [0.25, 0.3) is 5.92 Å². The highest BCUT2D eigenvalue weighted by Crippen LogP contribution is 2.43. The standard InChI is InChI=1S/C27H29F5N6O3S/c1-16-9-23(38(35-16)17-3-2-4-17)37-12-19(11-21(37)24(39)34-25(13-33)7-8-25)42(40,41)22-6-5-18(10-20(22)27(30,31)32)36-14-26(28,29)15-36/h5-6,9-10,17,19,21H,2-4,7-8,11-12,14-15H2,1H3,(H,34,39). The van der Waals surface area contributed by atoms with Gasteiger partial charge in [-0.25, -0.2) is 21.9 Å². The number of alkyl halides is 5. The minimum Gasteiger partial charge on any atom is -0.359 e. The maximum Gasteiger partial charge on any atom is 0.417 e. The number of halogens is 5. The van der Waals surface area contributed by atoms with E-state index in [0.29, 0.717) is 30.4 Å². The van der Waals surface area contributed by atoms with E-state index in [1.165, 1.54) is 0 Å². The van der Waals surface area contributed by atoms with Crippen LogP contribution in [-0.2, 0) is 20.8 Å². The lowest BCUT2D eigenvalue weighted by Gasteiger charge is -2.40. The van der Waals surface area contributed by atoms with E-state index in [0.717, 1.165) is 36.3 Å². The Morgan fingerprint density at radius 1 is 1.17 bits per heavy atom. The molecule has 6 rings (SSSR count). The third-order valence-corrected chi connectivity index (χ3v) is 10.9. The summed E-state index contributed by atoms with van der Waals surface area (Å²) in [5.74, 6) is -3.10. The molecule has 2 aromatic rings. The number of hydrogen-bond acceptors (Lipinski definition) is 7. The highest BCUT2D eigenvalue weighted by atomic mass is 32.2. The zero-order valence-corrected chi connectivity index (χ0v) is 23.5. The van der Waals surface area contributed by atoms with Crippen molar-refractivity contribution in [2.45, 2.75) is 85.3 Å². The Hall–Kier alpha value is -3.41. The van der Waals surface area contributed by atoms with Gasteiger partial charge in [0.15, 0.2) is 9.84 Å². The van der Waals surface area contributed by atoms with E-state index < -0.39 is 68.2 Å². The number of hydrogen-bond donors (Lipinski definition) is 1. The average molecular weight is 613 g/mol. The molecule has 2 aliphatic heterocycles. The van der Waals surface area contributed by atoms with Crippen LogP contribution >= 0.6 is 0 Å². The van der Waals surface area contributed by atoms with Gasteiger partial charge in [0, 0.05) is 18.3 Å². The summed E-state index contributed by atoms with van der Waals surface area (Å²) in [4.78, 5) is 15.2. The molecule has 2 saturated heterocycles. The minimum atomic E-state index is -5.08. The Morgan fingerprint density at radius 2 is 1.86 bits per heavy atom. The number of aromatic nitrogens is 2. The summed E-state index contributed by atoms with van der Waals surface area (Å²) in [6, 6.07) is 5.30. The van der Waals surface area contributed by atoms with E-state index >= 15 is 0 Å². The summed E-state index contributed by atoms with van der Waals surface area (Å²) >= 11 is 0. The molecule has 42 heavy (non-hydrogen) atoms. The number of nitrogens with one attached hydrogen (secondary N) is 1. The van der Waals surface area contributed by atoms with Gasteiger partial charge in [-0.2, -0.15) is 23.5 Å². The second-order valence-corrected chi connectivity index (χ2v) is 14.0. The molecule has 15 heteroatoms. The van der Waals surface area contributed by atoms with E-state index in [-0.39, 0.29) is 24.7 Å². The van der Waals surface area contributed by atoms with Crippen LogP contribution in [0.5, 0.6) is 0 Å². The largest absolute Gasteiger partial charge is 0.417 e. The fourth-order valence-corrected chi connectivity index (χ4v) is 7.80. The van der Waals surface area contributed by atoms with Crippen molar-refractivity contribution in [3.8, 4) is 6.07 Å². The van der Waals surface area contributed by atoms with Gasteiger partial charge >= 0.3 is 6.18 Å². The summed E-state index contributed by atoms with van der Waals surface area (Å²) < 4.78 is 98.9. The van der Waals surface area contributed by atoms with E-state index in [9.17, 15) is 40.4 Å². The van der Waals surface area contributed by atoms with Crippen molar-refractivity contribution in [2.24, 2.45) is 0 Å². The van der Waals surface area contributed by atoms with Crippen molar-refractivity contribution >= 4 is 27.2 Å². The number of carbonyl (C=O) groups excluding carboxylic acids is 1. The summed E-state index contributed by atoms with van der Waals surface area (Å²) in [6.07, 6.45) is -1.79. The third kappa shape index (κ3) is 4.97. The van der Waals surface area contributed by atoms with Crippen LogP contribution in [0.3, 0.4) is 0 Å². The van der Waals surface area contributed by atoms with E-state index in [1.54, 1.807) is 22.6 Å². The van der Waals surface area contributed by atoms with Gasteiger partial charge in [-0.3, -0.25) is 4.79 Å². The number of aryl methyl sites for hydroxylation is 1. The Balaban J connectivity index is 1.36. The smallest absolute Gasteiger partial charge is 0.359 e. The van der Waals surface area contributed by atoms with Crippen LogP contribution in [0.2, 0.25) is 0 Å². The van der Waals surface area contributed by atoms with Crippen LogP contribution in [0, 0.1) is 18.3 Å². The van der Waals surface area contributed by atoms with Gasteiger partial charge < -0.3 is 15.1 Å². The number of anilines is 2. The van der Waals surface area contributed by atoms with Crippen LogP contribution in [0.25, 0.3) is 0 Å². The molecule has 2 unspecified atom stereocenters. The van der Waals surface area contributed by atoms with Crippen LogP contribution in [0.15, 0.2) is 29.2 Å². The van der Waals surface area contributed by atoms with Crippen LogP contribution in [-0.4, -0.2) is 66.5 Å². The Morgan fingerprint density at radius 3 is 2.40 bits per heavy atom. The first-order valence-electron chi connectivity index (χ1n) is 13.8. The molecule has 4 aliphatic rings. The molecule has 1 amide bonds. The third-order valence-electron chi connectivity index (χ3n) is 8.67. The Labute approximate surface area is 239 Å². The normalized spacial score (nSPS) is 25.0. The van der Waals surface area contributed by atoms with Crippen molar-refractivity contribution < 1.29 is 35.2 Å². The van der Waals surface area contributed by atoms with Gasteiger partial charge in [-0.15, -0.1) is 0 Å². The number of nitriles is 1. The van der Waals surface area contributed by atoms with E-state index in [1.807, 2.05) is 0 Å². The molecule has 3 heterocycles. The molecular weight excluding hydrogens is 583 g/mol. The van der Waals surface area contributed by atoms with E-state index in [2.05, 4.69) is 16.5 Å². The van der Waals surface area contributed by atoms with Gasteiger partial charge in [-0.1, -0.05) is 0 Å². The Kier molecular flexibility index (Phi) is 6.53. The van der Waals surface area contributed by atoms with E-state index in [4.69, 9.17) is 0 Å². The zero-order chi connectivity index (χ0) is 30.2. The lowest BCUT2D eigenvalue weighted by atomic mass is 9.93. The fraction of sp³-hybridized carbons (Fsp3) is 0.593. The molecule has 2 aliphatic carbocycles. The monoisotopic (exact) mass is 612 g/mol. The van der Waals surface area contributed by atoms with Crippen molar-refractivity contribution in [1.29, 1.82) is 5.26 Å².